The number of rotatable bonds is 4. The Morgan fingerprint density at radius 1 is 1.60 bits per heavy atom. The molecule has 1 atom stereocenters. The van der Waals surface area contributed by atoms with Crippen LogP contribution in [0, 0.1) is 0 Å². The van der Waals surface area contributed by atoms with Gasteiger partial charge < -0.3 is 4.74 Å². The summed E-state index contributed by atoms with van der Waals surface area (Å²) in [6, 6.07) is 0. The topological polar surface area (TPSA) is 21.6 Å². The minimum absolute atomic E-state index is 0.256. The van der Waals surface area contributed by atoms with Crippen molar-refractivity contribution >= 4 is 17.0 Å². The summed E-state index contributed by atoms with van der Waals surface area (Å²) in [6.45, 7) is 3.07. The zero-order valence-corrected chi connectivity index (χ0v) is 10.6. The monoisotopic (exact) mass is 227 g/mol. The van der Waals surface area contributed by atoms with Crippen LogP contribution < -0.4 is 0 Å². The molecular formula is C12H21NOS. The minimum atomic E-state index is 0.256. The zero-order chi connectivity index (χ0) is 10.9. The molecule has 0 N–H and O–H groups in total. The lowest BCUT2D eigenvalue weighted by Crippen LogP contribution is -2.16. The molecule has 3 heteroatoms. The molecule has 0 amide bonds. The van der Waals surface area contributed by atoms with Gasteiger partial charge in [0, 0.05) is 6.54 Å². The van der Waals surface area contributed by atoms with E-state index in [2.05, 4.69) is 24.1 Å². The highest BCUT2D eigenvalue weighted by molar-refractivity contribution is 8.12. The van der Waals surface area contributed by atoms with Gasteiger partial charge >= 0.3 is 0 Å². The van der Waals surface area contributed by atoms with Crippen LogP contribution in [0.15, 0.2) is 17.1 Å². The van der Waals surface area contributed by atoms with Crippen LogP contribution in [0.25, 0.3) is 0 Å². The zero-order valence-electron chi connectivity index (χ0n) is 9.74. The highest BCUT2D eigenvalue weighted by Crippen LogP contribution is 2.16. The van der Waals surface area contributed by atoms with Gasteiger partial charge in [-0.05, 0) is 38.0 Å². The summed E-state index contributed by atoms with van der Waals surface area (Å²) in [7, 11) is 0. The first-order valence-corrected chi connectivity index (χ1v) is 7.01. The number of allylic oxidation sites excluding steroid dienone is 1. The van der Waals surface area contributed by atoms with Crippen molar-refractivity contribution in [2.24, 2.45) is 4.99 Å². The van der Waals surface area contributed by atoms with E-state index in [9.17, 15) is 0 Å². The van der Waals surface area contributed by atoms with E-state index >= 15 is 0 Å². The summed E-state index contributed by atoms with van der Waals surface area (Å²) in [5, 5.41) is 0.847. The first-order chi connectivity index (χ1) is 7.36. The van der Waals surface area contributed by atoms with Crippen molar-refractivity contribution < 1.29 is 4.74 Å². The molecule has 0 spiro atoms. The van der Waals surface area contributed by atoms with Crippen LogP contribution in [0.1, 0.15) is 39.0 Å². The van der Waals surface area contributed by atoms with Crippen LogP contribution in [0.4, 0.5) is 0 Å². The van der Waals surface area contributed by atoms with Gasteiger partial charge in [0.15, 0.2) is 0 Å². The molecule has 15 heavy (non-hydrogen) atoms. The lowest BCUT2D eigenvalue weighted by molar-refractivity contribution is 0.223. The molecule has 0 fully saturated rings. The van der Waals surface area contributed by atoms with Crippen molar-refractivity contribution in [3.63, 3.8) is 0 Å². The summed E-state index contributed by atoms with van der Waals surface area (Å²) in [5.74, 6) is 0. The van der Waals surface area contributed by atoms with Gasteiger partial charge in [-0.15, -0.1) is 0 Å². The van der Waals surface area contributed by atoms with E-state index < -0.39 is 0 Å². The van der Waals surface area contributed by atoms with Crippen molar-refractivity contribution in [2.45, 2.75) is 45.1 Å². The maximum Gasteiger partial charge on any atom is 0.246 e. The van der Waals surface area contributed by atoms with E-state index in [1.54, 1.807) is 11.8 Å². The Bertz CT molecular complexity index is 226. The largest absolute Gasteiger partial charge is 0.466 e. The van der Waals surface area contributed by atoms with Crippen molar-refractivity contribution in [3.8, 4) is 0 Å². The van der Waals surface area contributed by atoms with Gasteiger partial charge in [0.05, 0.1) is 0 Å². The molecule has 1 aliphatic rings. The van der Waals surface area contributed by atoms with E-state index in [0.29, 0.717) is 0 Å². The molecule has 1 rings (SSSR count). The molecular weight excluding hydrogens is 206 g/mol. The fourth-order valence-electron chi connectivity index (χ4n) is 1.49. The summed E-state index contributed by atoms with van der Waals surface area (Å²) < 4.78 is 5.81. The smallest absolute Gasteiger partial charge is 0.246 e. The van der Waals surface area contributed by atoms with E-state index in [1.807, 2.05) is 6.26 Å². The molecule has 0 saturated carbocycles. The molecule has 0 saturated heterocycles. The Morgan fingerprint density at radius 2 is 2.47 bits per heavy atom. The van der Waals surface area contributed by atoms with Crippen LogP contribution >= 0.6 is 11.8 Å². The molecule has 0 aromatic carbocycles. The van der Waals surface area contributed by atoms with Crippen LogP contribution in [-0.4, -0.2) is 24.1 Å². The predicted octanol–water partition coefficient (Wildman–Crippen LogP) is 3.63. The van der Waals surface area contributed by atoms with Gasteiger partial charge in [-0.3, -0.25) is 0 Å². The van der Waals surface area contributed by atoms with Gasteiger partial charge in [0.1, 0.15) is 6.10 Å². The van der Waals surface area contributed by atoms with Crippen LogP contribution in [0.2, 0.25) is 0 Å². The van der Waals surface area contributed by atoms with E-state index in [4.69, 9.17) is 4.74 Å². The first-order valence-electron chi connectivity index (χ1n) is 5.78. The second-order valence-corrected chi connectivity index (χ2v) is 4.48. The van der Waals surface area contributed by atoms with Gasteiger partial charge in [-0.25, -0.2) is 4.99 Å². The lowest BCUT2D eigenvalue weighted by atomic mass is 10.1. The van der Waals surface area contributed by atoms with Crippen LogP contribution in [0.5, 0.6) is 0 Å². The van der Waals surface area contributed by atoms with Gasteiger partial charge in [0.2, 0.25) is 5.23 Å². The molecule has 0 aliphatic heterocycles. The standard InChI is InChI=1S/C12H21NOS/c1-3-4-10-13-12(15-2)14-11-8-6-5-7-9-11/h6,8,11H,3-5,7,9-10H2,1-2H3/t11-/m0/s1. The van der Waals surface area contributed by atoms with E-state index in [1.165, 1.54) is 19.3 Å². The Morgan fingerprint density at radius 3 is 3.07 bits per heavy atom. The third-order valence-electron chi connectivity index (χ3n) is 2.39. The second kappa shape index (κ2) is 7.80. The Hall–Kier alpha value is -0.440. The summed E-state index contributed by atoms with van der Waals surface area (Å²) in [4.78, 5) is 4.45. The molecule has 0 bridgehead atoms. The van der Waals surface area contributed by atoms with Crippen molar-refractivity contribution in [2.75, 3.05) is 12.8 Å². The Labute approximate surface area is 97.2 Å². The Kier molecular flexibility index (Phi) is 6.57. The summed E-state index contributed by atoms with van der Waals surface area (Å²) in [6.07, 6.45) is 12.5. The number of ether oxygens (including phenoxy) is 1. The number of thioether (sulfide) groups is 1. The maximum atomic E-state index is 5.81. The van der Waals surface area contributed by atoms with E-state index in [0.717, 1.165) is 24.6 Å². The van der Waals surface area contributed by atoms with Crippen molar-refractivity contribution in [1.29, 1.82) is 0 Å². The highest BCUT2D eigenvalue weighted by Gasteiger charge is 2.11. The molecule has 1 aliphatic carbocycles. The van der Waals surface area contributed by atoms with Crippen LogP contribution in [0.3, 0.4) is 0 Å². The molecule has 0 heterocycles. The maximum absolute atomic E-state index is 5.81. The lowest BCUT2D eigenvalue weighted by Gasteiger charge is -2.18. The quantitative estimate of drug-likeness (QED) is 0.316. The van der Waals surface area contributed by atoms with Crippen molar-refractivity contribution in [3.05, 3.63) is 12.2 Å². The van der Waals surface area contributed by atoms with Gasteiger partial charge in [0.25, 0.3) is 0 Å². The second-order valence-electron chi connectivity index (χ2n) is 3.72. The average Bonchev–Trinajstić information content (AvgIpc) is 2.29. The van der Waals surface area contributed by atoms with Gasteiger partial charge in [-0.1, -0.05) is 31.2 Å². The first kappa shape index (κ1) is 12.6. The van der Waals surface area contributed by atoms with Crippen molar-refractivity contribution in [1.82, 2.24) is 0 Å². The number of hydrogen-bond acceptors (Lipinski definition) is 3. The van der Waals surface area contributed by atoms with E-state index in [-0.39, 0.29) is 6.10 Å². The Balaban J connectivity index is 2.34. The number of aliphatic imine (C=N–C) groups is 1. The fourth-order valence-corrected chi connectivity index (χ4v) is 1.93. The number of nitrogens with zero attached hydrogens (tertiary/aromatic N) is 1. The average molecular weight is 227 g/mol. The molecule has 0 radical (unpaired) electrons. The highest BCUT2D eigenvalue weighted by atomic mass is 32.2. The molecule has 0 aromatic rings. The minimum Gasteiger partial charge on any atom is -0.466 e. The normalized spacial score (nSPS) is 21.7. The summed E-state index contributed by atoms with van der Waals surface area (Å²) >= 11 is 1.61. The van der Waals surface area contributed by atoms with Crippen LogP contribution in [-0.2, 0) is 4.74 Å². The number of unbranched alkanes of at least 4 members (excludes halogenated alkanes) is 1. The molecule has 2 nitrogen and oxygen atoms in total. The molecule has 86 valence electrons. The third-order valence-corrected chi connectivity index (χ3v) is 2.96. The third kappa shape index (κ3) is 5.26. The van der Waals surface area contributed by atoms with Gasteiger partial charge in [-0.2, -0.15) is 0 Å². The summed E-state index contributed by atoms with van der Waals surface area (Å²) in [5.41, 5.74) is 0. The fraction of sp³-hybridized carbons (Fsp3) is 0.750. The molecule has 0 unspecified atom stereocenters. The number of hydrogen-bond donors (Lipinski definition) is 0. The molecule has 0 aromatic heterocycles. The predicted molar refractivity (Wildman–Crippen MR) is 68.6 cm³/mol. The SMILES string of the molecule is CCCCN=C(O[C@H]1C=CCCC1)SC.